The third-order valence-electron chi connectivity index (χ3n) is 4.25. The van der Waals surface area contributed by atoms with Crippen LogP contribution in [0.25, 0.3) is 10.9 Å². The van der Waals surface area contributed by atoms with Crippen molar-refractivity contribution in [2.45, 2.75) is 26.8 Å². The van der Waals surface area contributed by atoms with Crippen LogP contribution in [0.2, 0.25) is 0 Å². The van der Waals surface area contributed by atoms with Crippen molar-refractivity contribution in [1.82, 2.24) is 15.2 Å². The van der Waals surface area contributed by atoms with Crippen LogP contribution in [-0.2, 0) is 0 Å². The average Bonchev–Trinajstić information content (AvgIpc) is 2.83. The molecular formula is C17H25N3. The van der Waals surface area contributed by atoms with E-state index >= 15 is 0 Å². The van der Waals surface area contributed by atoms with Crippen molar-refractivity contribution in [3.63, 3.8) is 0 Å². The number of rotatable bonds is 2. The van der Waals surface area contributed by atoms with Gasteiger partial charge in [0.2, 0.25) is 0 Å². The molecule has 1 aromatic carbocycles. The van der Waals surface area contributed by atoms with E-state index in [4.69, 9.17) is 0 Å². The monoisotopic (exact) mass is 271 g/mol. The second kappa shape index (κ2) is 5.23. The SMILES string of the molecule is CC(C)(C)[C@H](c1c[nH]c2ccccc12)N1CCNCC1. The van der Waals surface area contributed by atoms with E-state index in [1.165, 1.54) is 16.5 Å². The Labute approximate surface area is 121 Å². The largest absolute Gasteiger partial charge is 0.361 e. The number of fused-ring (bicyclic) bond motifs is 1. The van der Waals surface area contributed by atoms with Crippen LogP contribution in [-0.4, -0.2) is 36.1 Å². The van der Waals surface area contributed by atoms with Gasteiger partial charge >= 0.3 is 0 Å². The van der Waals surface area contributed by atoms with Crippen LogP contribution in [0.1, 0.15) is 32.4 Å². The van der Waals surface area contributed by atoms with Crippen molar-refractivity contribution in [2.75, 3.05) is 26.2 Å². The number of H-pyrrole nitrogens is 1. The van der Waals surface area contributed by atoms with Gasteiger partial charge in [-0.2, -0.15) is 0 Å². The van der Waals surface area contributed by atoms with Crippen molar-refractivity contribution in [2.24, 2.45) is 5.41 Å². The zero-order chi connectivity index (χ0) is 14.2. The van der Waals surface area contributed by atoms with Crippen LogP contribution in [0.5, 0.6) is 0 Å². The number of benzene rings is 1. The Kier molecular flexibility index (Phi) is 3.57. The molecule has 1 aliphatic heterocycles. The second-order valence-electron chi connectivity index (χ2n) is 6.84. The first-order chi connectivity index (χ1) is 9.57. The van der Waals surface area contributed by atoms with Gasteiger partial charge < -0.3 is 10.3 Å². The molecule has 1 saturated heterocycles. The smallest absolute Gasteiger partial charge is 0.0457 e. The van der Waals surface area contributed by atoms with Gasteiger partial charge in [0.05, 0.1) is 0 Å². The first-order valence-electron chi connectivity index (χ1n) is 7.58. The molecule has 0 aliphatic carbocycles. The van der Waals surface area contributed by atoms with E-state index in [1.54, 1.807) is 0 Å². The number of hydrogen-bond acceptors (Lipinski definition) is 2. The van der Waals surface area contributed by atoms with Crippen LogP contribution in [0, 0.1) is 5.41 Å². The Balaban J connectivity index is 2.04. The summed E-state index contributed by atoms with van der Waals surface area (Å²) in [5, 5.41) is 4.82. The molecule has 3 rings (SSSR count). The van der Waals surface area contributed by atoms with Crippen molar-refractivity contribution < 1.29 is 0 Å². The third-order valence-corrected chi connectivity index (χ3v) is 4.25. The molecule has 0 amide bonds. The standard InChI is InChI=1S/C17H25N3/c1-17(2,3)16(20-10-8-18-9-11-20)14-12-19-15-7-5-4-6-13(14)15/h4-7,12,16,18-19H,8-11H2,1-3H3/t16-/m0/s1. The molecule has 0 spiro atoms. The number of piperazine rings is 1. The minimum atomic E-state index is 0.225. The lowest BCUT2D eigenvalue weighted by molar-refractivity contribution is 0.0872. The van der Waals surface area contributed by atoms with E-state index in [2.05, 4.69) is 66.4 Å². The van der Waals surface area contributed by atoms with E-state index < -0.39 is 0 Å². The molecule has 3 nitrogen and oxygen atoms in total. The van der Waals surface area contributed by atoms with Crippen molar-refractivity contribution in [3.8, 4) is 0 Å². The van der Waals surface area contributed by atoms with Gasteiger partial charge in [-0.1, -0.05) is 39.0 Å². The number of nitrogens with zero attached hydrogens (tertiary/aromatic N) is 1. The Hall–Kier alpha value is -1.32. The quantitative estimate of drug-likeness (QED) is 0.879. The first kappa shape index (κ1) is 13.7. The molecule has 3 heteroatoms. The van der Waals surface area contributed by atoms with Crippen molar-refractivity contribution in [3.05, 3.63) is 36.0 Å². The number of aromatic nitrogens is 1. The molecule has 0 saturated carbocycles. The molecule has 0 bridgehead atoms. The summed E-state index contributed by atoms with van der Waals surface area (Å²) < 4.78 is 0. The molecule has 1 aromatic heterocycles. The van der Waals surface area contributed by atoms with E-state index in [0.717, 1.165) is 26.2 Å². The minimum Gasteiger partial charge on any atom is -0.361 e. The van der Waals surface area contributed by atoms with Gasteiger partial charge in [0.1, 0.15) is 0 Å². The van der Waals surface area contributed by atoms with Crippen LogP contribution in [0.3, 0.4) is 0 Å². The Morgan fingerprint density at radius 3 is 2.50 bits per heavy atom. The molecular weight excluding hydrogens is 246 g/mol. The van der Waals surface area contributed by atoms with Gasteiger partial charge in [-0.3, -0.25) is 4.90 Å². The zero-order valence-electron chi connectivity index (χ0n) is 12.7. The van der Waals surface area contributed by atoms with Gasteiger partial charge in [-0.15, -0.1) is 0 Å². The molecule has 108 valence electrons. The molecule has 1 atom stereocenters. The summed E-state index contributed by atoms with van der Waals surface area (Å²) in [4.78, 5) is 6.07. The summed E-state index contributed by atoms with van der Waals surface area (Å²) in [6, 6.07) is 9.09. The molecule has 2 heterocycles. The maximum atomic E-state index is 3.45. The first-order valence-corrected chi connectivity index (χ1v) is 7.58. The normalized spacial score (nSPS) is 19.4. The van der Waals surface area contributed by atoms with Crippen molar-refractivity contribution >= 4 is 10.9 Å². The number of para-hydroxylation sites is 1. The Bertz CT molecular complexity index is 573. The summed E-state index contributed by atoms with van der Waals surface area (Å²) >= 11 is 0. The highest BCUT2D eigenvalue weighted by Gasteiger charge is 2.33. The highest BCUT2D eigenvalue weighted by Crippen LogP contribution is 2.40. The fourth-order valence-corrected chi connectivity index (χ4v) is 3.47. The third kappa shape index (κ3) is 2.48. The van der Waals surface area contributed by atoms with Gasteiger partial charge in [0.15, 0.2) is 0 Å². The van der Waals surface area contributed by atoms with E-state index in [9.17, 15) is 0 Å². The Morgan fingerprint density at radius 2 is 1.80 bits per heavy atom. The lowest BCUT2D eigenvalue weighted by Crippen LogP contribution is -2.48. The minimum absolute atomic E-state index is 0.225. The second-order valence-corrected chi connectivity index (χ2v) is 6.84. The highest BCUT2D eigenvalue weighted by atomic mass is 15.2. The number of nitrogens with one attached hydrogen (secondary N) is 2. The van der Waals surface area contributed by atoms with Gasteiger partial charge in [-0.05, 0) is 17.0 Å². The zero-order valence-corrected chi connectivity index (χ0v) is 12.7. The van der Waals surface area contributed by atoms with Crippen LogP contribution in [0.15, 0.2) is 30.5 Å². The number of hydrogen-bond donors (Lipinski definition) is 2. The van der Waals surface area contributed by atoms with Gasteiger partial charge in [-0.25, -0.2) is 0 Å². The summed E-state index contributed by atoms with van der Waals surface area (Å²) in [5.74, 6) is 0. The molecule has 0 unspecified atom stereocenters. The Morgan fingerprint density at radius 1 is 1.10 bits per heavy atom. The lowest BCUT2D eigenvalue weighted by atomic mass is 9.81. The van der Waals surface area contributed by atoms with Gasteiger partial charge in [0.25, 0.3) is 0 Å². The summed E-state index contributed by atoms with van der Waals surface area (Å²) in [5.41, 5.74) is 2.91. The molecule has 20 heavy (non-hydrogen) atoms. The van der Waals surface area contributed by atoms with Crippen molar-refractivity contribution in [1.29, 1.82) is 0 Å². The summed E-state index contributed by atoms with van der Waals surface area (Å²) in [6.45, 7) is 11.5. The van der Waals surface area contributed by atoms with E-state index in [0.29, 0.717) is 6.04 Å². The molecule has 2 aromatic rings. The van der Waals surface area contributed by atoms with Crippen LogP contribution in [0.4, 0.5) is 0 Å². The predicted molar refractivity (Wildman–Crippen MR) is 84.9 cm³/mol. The number of aromatic amines is 1. The summed E-state index contributed by atoms with van der Waals surface area (Å²) in [6.07, 6.45) is 2.21. The lowest BCUT2D eigenvalue weighted by Gasteiger charge is -2.42. The molecule has 1 fully saturated rings. The fraction of sp³-hybridized carbons (Fsp3) is 0.529. The van der Waals surface area contributed by atoms with E-state index in [-0.39, 0.29) is 5.41 Å². The topological polar surface area (TPSA) is 31.1 Å². The molecule has 1 aliphatic rings. The highest BCUT2D eigenvalue weighted by molar-refractivity contribution is 5.83. The van der Waals surface area contributed by atoms with Crippen LogP contribution >= 0.6 is 0 Å². The fourth-order valence-electron chi connectivity index (χ4n) is 3.47. The average molecular weight is 271 g/mol. The maximum Gasteiger partial charge on any atom is 0.0457 e. The van der Waals surface area contributed by atoms with Gasteiger partial charge in [0, 0.05) is 49.3 Å². The molecule has 2 N–H and O–H groups in total. The maximum absolute atomic E-state index is 3.45. The van der Waals surface area contributed by atoms with Crippen LogP contribution < -0.4 is 5.32 Å². The summed E-state index contributed by atoms with van der Waals surface area (Å²) in [7, 11) is 0. The predicted octanol–water partition coefficient (Wildman–Crippen LogP) is 3.16. The van der Waals surface area contributed by atoms with E-state index in [1.807, 2.05) is 0 Å². The molecule has 0 radical (unpaired) electrons.